The minimum Gasteiger partial charge on any atom is -0.396 e. The monoisotopic (exact) mass is 445 g/mol. The summed E-state index contributed by atoms with van der Waals surface area (Å²) >= 11 is 6.12. The molecule has 1 N–H and O–H groups in total. The molecule has 0 radical (unpaired) electrons. The molecule has 0 atom stereocenters. The zero-order chi connectivity index (χ0) is 23.1. The molecule has 0 spiro atoms. The fourth-order valence-electron chi connectivity index (χ4n) is 3.64. The maximum Gasteiger partial charge on any atom is 0.163 e. The van der Waals surface area contributed by atoms with E-state index in [4.69, 9.17) is 21.7 Å². The van der Waals surface area contributed by atoms with Crippen LogP contribution in [0.5, 0.6) is 0 Å². The standard InChI is InChI=1S/C28H28ClNO2/c1-4-24-25(28(32)5-2)18-26(30-27(24)17-19(3)29)23-14-12-22(13-15-23)21-10-8-20(9-11-21)7-6-16-31/h4,8-15,17-18,31H,1,5-7,16H2,2-3H3/b19-17+. The van der Waals surface area contributed by atoms with Gasteiger partial charge in [0.1, 0.15) is 0 Å². The fraction of sp³-hybridized carbons (Fsp3) is 0.214. The van der Waals surface area contributed by atoms with Gasteiger partial charge in [-0.2, -0.15) is 0 Å². The van der Waals surface area contributed by atoms with Crippen LogP contribution < -0.4 is 0 Å². The number of aromatic nitrogens is 1. The van der Waals surface area contributed by atoms with Gasteiger partial charge in [0, 0.05) is 34.8 Å². The lowest BCUT2D eigenvalue weighted by atomic mass is 9.96. The van der Waals surface area contributed by atoms with Crippen molar-refractivity contribution in [3.63, 3.8) is 0 Å². The minimum absolute atomic E-state index is 0.0448. The Balaban J connectivity index is 1.98. The van der Waals surface area contributed by atoms with Crippen molar-refractivity contribution in [3.05, 3.63) is 88.6 Å². The number of nitrogens with zero attached hydrogens (tertiary/aromatic N) is 1. The summed E-state index contributed by atoms with van der Waals surface area (Å²) in [4.78, 5) is 17.4. The fourth-order valence-corrected chi connectivity index (χ4v) is 3.74. The summed E-state index contributed by atoms with van der Waals surface area (Å²) in [5, 5.41) is 9.58. The molecule has 3 rings (SSSR count). The van der Waals surface area contributed by atoms with Crippen LogP contribution in [-0.4, -0.2) is 22.5 Å². The smallest absolute Gasteiger partial charge is 0.163 e. The number of carbonyl (C=O) groups excluding carboxylic acids is 1. The first kappa shape index (κ1) is 23.6. The van der Waals surface area contributed by atoms with Gasteiger partial charge in [0.05, 0.1) is 11.4 Å². The molecule has 0 aliphatic heterocycles. The summed E-state index contributed by atoms with van der Waals surface area (Å²) in [6, 6.07) is 18.4. The van der Waals surface area contributed by atoms with Crippen LogP contribution in [0.15, 0.2) is 66.2 Å². The first-order chi connectivity index (χ1) is 15.5. The van der Waals surface area contributed by atoms with Crippen molar-refractivity contribution in [3.8, 4) is 22.4 Å². The number of halogens is 1. The number of aliphatic hydroxyl groups excluding tert-OH is 1. The van der Waals surface area contributed by atoms with Crippen LogP contribution in [0.4, 0.5) is 0 Å². The lowest BCUT2D eigenvalue weighted by Crippen LogP contribution is -2.05. The zero-order valence-corrected chi connectivity index (χ0v) is 19.3. The second-order valence-electron chi connectivity index (χ2n) is 7.67. The number of ketones is 1. The minimum atomic E-state index is 0.0448. The van der Waals surface area contributed by atoms with Crippen molar-refractivity contribution in [2.45, 2.75) is 33.1 Å². The zero-order valence-electron chi connectivity index (χ0n) is 18.6. The van der Waals surface area contributed by atoms with E-state index >= 15 is 0 Å². The van der Waals surface area contributed by atoms with E-state index in [0.29, 0.717) is 28.3 Å². The Kier molecular flexibility index (Phi) is 8.15. The number of allylic oxidation sites excluding steroid dienone is 1. The lowest BCUT2D eigenvalue weighted by Gasteiger charge is -2.12. The number of aliphatic hydroxyl groups is 1. The van der Waals surface area contributed by atoms with Gasteiger partial charge in [0.2, 0.25) is 0 Å². The summed E-state index contributed by atoms with van der Waals surface area (Å²) in [5.74, 6) is 0.0448. The molecular weight excluding hydrogens is 418 g/mol. The number of hydrogen-bond donors (Lipinski definition) is 1. The lowest BCUT2D eigenvalue weighted by molar-refractivity contribution is 0.0988. The largest absolute Gasteiger partial charge is 0.396 e. The number of hydrogen-bond acceptors (Lipinski definition) is 3. The van der Waals surface area contributed by atoms with E-state index in [-0.39, 0.29) is 12.4 Å². The Morgan fingerprint density at radius 3 is 2.19 bits per heavy atom. The topological polar surface area (TPSA) is 50.2 Å². The van der Waals surface area contributed by atoms with Crippen LogP contribution in [0.1, 0.15) is 53.9 Å². The number of rotatable bonds is 9. The molecule has 0 saturated carbocycles. The van der Waals surface area contributed by atoms with Crippen LogP contribution in [0, 0.1) is 0 Å². The van der Waals surface area contributed by atoms with Crippen LogP contribution in [0.2, 0.25) is 0 Å². The third-order valence-electron chi connectivity index (χ3n) is 5.34. The van der Waals surface area contributed by atoms with Gasteiger partial charge >= 0.3 is 0 Å². The maximum atomic E-state index is 12.6. The van der Waals surface area contributed by atoms with Gasteiger partial charge in [-0.15, -0.1) is 0 Å². The van der Waals surface area contributed by atoms with E-state index in [1.54, 1.807) is 19.1 Å². The van der Waals surface area contributed by atoms with E-state index in [1.165, 1.54) is 5.56 Å². The Hall–Kier alpha value is -3.01. The Morgan fingerprint density at radius 2 is 1.66 bits per heavy atom. The average Bonchev–Trinajstić information content (AvgIpc) is 2.81. The van der Waals surface area contributed by atoms with E-state index in [2.05, 4.69) is 43.0 Å². The summed E-state index contributed by atoms with van der Waals surface area (Å²) in [7, 11) is 0. The Morgan fingerprint density at radius 1 is 1.06 bits per heavy atom. The van der Waals surface area contributed by atoms with Crippen LogP contribution in [-0.2, 0) is 6.42 Å². The van der Waals surface area contributed by atoms with E-state index < -0.39 is 0 Å². The number of Topliss-reactive ketones (excluding diaryl/α,β-unsaturated/α-hetero) is 1. The van der Waals surface area contributed by atoms with Crippen molar-refractivity contribution in [2.24, 2.45) is 0 Å². The van der Waals surface area contributed by atoms with Gasteiger partial charge in [0.15, 0.2) is 5.78 Å². The van der Waals surface area contributed by atoms with Gasteiger partial charge in [0.25, 0.3) is 0 Å². The SMILES string of the molecule is C=Cc1c(C(=O)CC)cc(-c2ccc(-c3ccc(CCCO)cc3)cc2)nc1/C=C(\C)Cl. The molecular formula is C28H28ClNO2. The highest BCUT2D eigenvalue weighted by Crippen LogP contribution is 2.29. The van der Waals surface area contributed by atoms with Gasteiger partial charge < -0.3 is 5.11 Å². The predicted octanol–water partition coefficient (Wildman–Crippen LogP) is 7.18. The summed E-state index contributed by atoms with van der Waals surface area (Å²) in [6.45, 7) is 7.71. The van der Waals surface area contributed by atoms with Crippen molar-refractivity contribution in [2.75, 3.05) is 6.61 Å². The first-order valence-corrected chi connectivity index (χ1v) is 11.2. The number of pyridine rings is 1. The molecule has 0 fully saturated rings. The molecule has 164 valence electrons. The van der Waals surface area contributed by atoms with E-state index in [0.717, 1.165) is 35.2 Å². The second kappa shape index (κ2) is 11.0. The average molecular weight is 446 g/mol. The summed E-state index contributed by atoms with van der Waals surface area (Å²) in [6.07, 6.45) is 5.48. The van der Waals surface area contributed by atoms with Gasteiger partial charge in [-0.25, -0.2) is 4.98 Å². The second-order valence-corrected chi connectivity index (χ2v) is 8.26. The maximum absolute atomic E-state index is 12.6. The quantitative estimate of drug-likeness (QED) is 0.355. The molecule has 0 amide bonds. The molecule has 4 heteroatoms. The van der Waals surface area contributed by atoms with Gasteiger partial charge in [-0.1, -0.05) is 79.7 Å². The van der Waals surface area contributed by atoms with Gasteiger partial charge in [-0.3, -0.25) is 4.79 Å². The molecule has 3 aromatic rings. The normalized spacial score (nSPS) is 11.4. The third kappa shape index (κ3) is 5.61. The molecule has 0 unspecified atom stereocenters. The number of benzene rings is 2. The van der Waals surface area contributed by atoms with Crippen LogP contribution in [0.3, 0.4) is 0 Å². The molecule has 32 heavy (non-hydrogen) atoms. The van der Waals surface area contributed by atoms with Crippen molar-refractivity contribution in [1.29, 1.82) is 0 Å². The molecule has 0 bridgehead atoms. The first-order valence-electron chi connectivity index (χ1n) is 10.8. The van der Waals surface area contributed by atoms with Gasteiger partial charge in [-0.05, 0) is 48.6 Å². The molecule has 0 saturated heterocycles. The number of carbonyl (C=O) groups is 1. The highest BCUT2D eigenvalue weighted by Gasteiger charge is 2.15. The number of aryl methyl sites for hydroxylation is 1. The van der Waals surface area contributed by atoms with Crippen molar-refractivity contribution in [1.82, 2.24) is 4.98 Å². The highest BCUT2D eigenvalue weighted by atomic mass is 35.5. The third-order valence-corrected chi connectivity index (χ3v) is 5.45. The molecule has 2 aromatic carbocycles. The van der Waals surface area contributed by atoms with Crippen molar-refractivity contribution < 1.29 is 9.90 Å². The molecule has 1 heterocycles. The van der Waals surface area contributed by atoms with E-state index in [1.807, 2.05) is 25.1 Å². The highest BCUT2D eigenvalue weighted by molar-refractivity contribution is 6.31. The molecule has 0 aliphatic carbocycles. The summed E-state index contributed by atoms with van der Waals surface area (Å²) < 4.78 is 0. The molecule has 1 aromatic heterocycles. The molecule has 0 aliphatic rings. The van der Waals surface area contributed by atoms with Crippen LogP contribution in [0.25, 0.3) is 34.5 Å². The van der Waals surface area contributed by atoms with Crippen molar-refractivity contribution >= 4 is 29.5 Å². The van der Waals surface area contributed by atoms with Crippen LogP contribution >= 0.6 is 11.6 Å². The Bertz CT molecular complexity index is 1130. The predicted molar refractivity (Wildman–Crippen MR) is 135 cm³/mol. The summed E-state index contributed by atoms with van der Waals surface area (Å²) in [5.41, 5.74) is 7.06. The van der Waals surface area contributed by atoms with E-state index in [9.17, 15) is 4.79 Å². The molecule has 3 nitrogen and oxygen atoms in total. The Labute approximate surface area is 195 Å².